The average molecular weight is 373 g/mol. The van der Waals surface area contributed by atoms with Gasteiger partial charge in [0.2, 0.25) is 0 Å². The van der Waals surface area contributed by atoms with E-state index in [2.05, 4.69) is 67.0 Å². The van der Waals surface area contributed by atoms with Crippen molar-refractivity contribution in [3.63, 3.8) is 0 Å². The summed E-state index contributed by atoms with van der Waals surface area (Å²) in [4.78, 5) is 8.00. The molecule has 0 saturated heterocycles. The molecule has 1 rings (SSSR count). The van der Waals surface area contributed by atoms with Crippen LogP contribution < -0.4 is 0 Å². The molecular formula is C22H41ClO2. The second kappa shape index (κ2) is 15.4. The molecule has 0 saturated carbocycles. The van der Waals surface area contributed by atoms with Gasteiger partial charge in [-0.05, 0) is 85.8 Å². The molecule has 0 amide bonds. The summed E-state index contributed by atoms with van der Waals surface area (Å²) in [7, 11) is 1.00. The molecule has 0 fully saturated rings. The summed E-state index contributed by atoms with van der Waals surface area (Å²) in [6.07, 6.45) is 6.44. The standard InChI is InChI=1S/C19H32.CH3Cl.CH4O.CH2O/c1-9-10-17-15(4)13(2)14(3)16(5)18(17)11-12-19(6,7)8;3*1-2/h9-12H2,1-8H3;1H3;2H,1H3;1H2. The maximum Gasteiger partial charge on any atom is 0.106 e. The summed E-state index contributed by atoms with van der Waals surface area (Å²) in [5.74, 6) is 0. The van der Waals surface area contributed by atoms with Gasteiger partial charge in [-0.3, -0.25) is 0 Å². The van der Waals surface area contributed by atoms with Crippen LogP contribution >= 0.6 is 11.6 Å². The van der Waals surface area contributed by atoms with E-state index < -0.39 is 0 Å². The molecule has 0 aliphatic rings. The second-order valence-electron chi connectivity index (χ2n) is 7.27. The highest BCUT2D eigenvalue weighted by Gasteiger charge is 2.17. The van der Waals surface area contributed by atoms with Crippen molar-refractivity contribution in [2.75, 3.05) is 13.5 Å². The predicted octanol–water partition coefficient (Wildman–Crippen LogP) is 6.13. The lowest BCUT2D eigenvalue weighted by Crippen LogP contribution is -2.11. The first-order chi connectivity index (χ1) is 11.7. The molecule has 1 N–H and O–H groups in total. The maximum absolute atomic E-state index is 8.00. The van der Waals surface area contributed by atoms with Gasteiger partial charge in [0.1, 0.15) is 6.79 Å². The van der Waals surface area contributed by atoms with Crippen molar-refractivity contribution in [1.29, 1.82) is 0 Å². The zero-order valence-electron chi connectivity index (χ0n) is 18.3. The monoisotopic (exact) mass is 372 g/mol. The fourth-order valence-electron chi connectivity index (χ4n) is 2.89. The molecule has 0 radical (unpaired) electrons. The van der Waals surface area contributed by atoms with E-state index in [1.54, 1.807) is 11.1 Å². The van der Waals surface area contributed by atoms with Gasteiger partial charge in [0, 0.05) is 13.5 Å². The van der Waals surface area contributed by atoms with Gasteiger partial charge in [-0.25, -0.2) is 0 Å². The Morgan fingerprint density at radius 3 is 1.40 bits per heavy atom. The lowest BCUT2D eigenvalue weighted by Gasteiger charge is -2.24. The third-order valence-corrected chi connectivity index (χ3v) is 4.58. The third kappa shape index (κ3) is 10.0. The highest BCUT2D eigenvalue weighted by Crippen LogP contribution is 2.31. The van der Waals surface area contributed by atoms with Crippen molar-refractivity contribution in [2.45, 2.75) is 81.1 Å². The Hall–Kier alpha value is -0.860. The van der Waals surface area contributed by atoms with E-state index in [9.17, 15) is 0 Å². The summed E-state index contributed by atoms with van der Waals surface area (Å²) in [6, 6.07) is 0. The van der Waals surface area contributed by atoms with Gasteiger partial charge in [-0.15, -0.1) is 11.6 Å². The molecule has 1 aromatic carbocycles. The Labute approximate surface area is 162 Å². The van der Waals surface area contributed by atoms with Crippen molar-refractivity contribution in [1.82, 2.24) is 0 Å². The van der Waals surface area contributed by atoms with Crippen molar-refractivity contribution >= 4 is 18.4 Å². The minimum Gasteiger partial charge on any atom is -0.400 e. The van der Waals surface area contributed by atoms with Crippen molar-refractivity contribution < 1.29 is 9.90 Å². The molecule has 1 aromatic rings. The van der Waals surface area contributed by atoms with Gasteiger partial charge in [-0.1, -0.05) is 34.1 Å². The largest absolute Gasteiger partial charge is 0.400 e. The van der Waals surface area contributed by atoms with Crippen LogP contribution in [0.25, 0.3) is 0 Å². The molecule has 3 heteroatoms. The first-order valence-corrected chi connectivity index (χ1v) is 9.64. The molecule has 0 aliphatic heterocycles. The van der Waals surface area contributed by atoms with Crippen LogP contribution in [0.2, 0.25) is 0 Å². The molecule has 25 heavy (non-hydrogen) atoms. The number of hydrogen-bond acceptors (Lipinski definition) is 2. The number of aliphatic hydroxyl groups is 1. The van der Waals surface area contributed by atoms with Gasteiger partial charge in [-0.2, -0.15) is 0 Å². The van der Waals surface area contributed by atoms with Crippen LogP contribution in [0.15, 0.2) is 0 Å². The van der Waals surface area contributed by atoms with E-state index in [1.165, 1.54) is 54.3 Å². The molecular weight excluding hydrogens is 332 g/mol. The number of benzene rings is 1. The van der Waals surface area contributed by atoms with Gasteiger partial charge < -0.3 is 9.90 Å². The molecule has 0 spiro atoms. The van der Waals surface area contributed by atoms with Crippen LogP contribution in [0.4, 0.5) is 0 Å². The molecule has 0 atom stereocenters. The molecule has 0 aliphatic carbocycles. The normalized spacial score (nSPS) is 9.76. The number of hydrogen-bond donors (Lipinski definition) is 1. The van der Waals surface area contributed by atoms with Crippen LogP contribution in [-0.4, -0.2) is 25.4 Å². The maximum atomic E-state index is 8.00. The number of halogens is 1. The first kappa shape index (κ1) is 28.9. The van der Waals surface area contributed by atoms with E-state index >= 15 is 0 Å². The average Bonchev–Trinajstić information content (AvgIpc) is 2.62. The minimum absolute atomic E-state index is 0.419. The number of carbonyl (C=O) groups is 1. The Balaban J connectivity index is -0.000000725. The fourth-order valence-corrected chi connectivity index (χ4v) is 2.89. The zero-order valence-corrected chi connectivity index (χ0v) is 19.0. The summed E-state index contributed by atoms with van der Waals surface area (Å²) in [5.41, 5.74) is 9.76. The molecule has 0 bridgehead atoms. The summed E-state index contributed by atoms with van der Waals surface area (Å²) < 4.78 is 0. The van der Waals surface area contributed by atoms with Crippen LogP contribution in [0.5, 0.6) is 0 Å². The quantitative estimate of drug-likeness (QED) is 0.645. The molecule has 2 nitrogen and oxygen atoms in total. The Kier molecular flexibility index (Phi) is 17.8. The lowest BCUT2D eigenvalue weighted by molar-refractivity contribution is -0.0979. The smallest absolute Gasteiger partial charge is 0.106 e. The van der Waals surface area contributed by atoms with E-state index in [1.807, 2.05) is 6.79 Å². The minimum atomic E-state index is 0.419. The topological polar surface area (TPSA) is 37.3 Å². The van der Waals surface area contributed by atoms with Crippen molar-refractivity contribution in [2.24, 2.45) is 5.41 Å². The van der Waals surface area contributed by atoms with E-state index in [0.717, 1.165) is 7.11 Å². The van der Waals surface area contributed by atoms with Crippen LogP contribution in [0.1, 0.15) is 73.9 Å². The van der Waals surface area contributed by atoms with Gasteiger partial charge in [0.25, 0.3) is 0 Å². The highest BCUT2D eigenvalue weighted by atomic mass is 35.5. The number of alkyl halides is 1. The summed E-state index contributed by atoms with van der Waals surface area (Å²) >= 11 is 4.64. The van der Waals surface area contributed by atoms with Gasteiger partial charge in [0.05, 0.1) is 0 Å². The molecule has 148 valence electrons. The van der Waals surface area contributed by atoms with Gasteiger partial charge >= 0.3 is 0 Å². The van der Waals surface area contributed by atoms with Crippen molar-refractivity contribution in [3.05, 3.63) is 33.4 Å². The first-order valence-electron chi connectivity index (χ1n) is 8.88. The van der Waals surface area contributed by atoms with E-state index in [-0.39, 0.29) is 0 Å². The number of carbonyl (C=O) groups excluding carboxylic acids is 1. The lowest BCUT2D eigenvalue weighted by atomic mass is 9.81. The Morgan fingerprint density at radius 1 is 0.800 bits per heavy atom. The second-order valence-corrected chi connectivity index (χ2v) is 7.27. The summed E-state index contributed by atoms with van der Waals surface area (Å²) in [5, 5.41) is 7.00. The zero-order chi connectivity index (χ0) is 20.8. The molecule has 0 heterocycles. The fraction of sp³-hybridized carbons (Fsp3) is 0.682. The van der Waals surface area contributed by atoms with Gasteiger partial charge in [0.15, 0.2) is 0 Å². The number of aliphatic hydroxyl groups excluding tert-OH is 1. The van der Waals surface area contributed by atoms with Crippen LogP contribution in [0, 0.1) is 33.1 Å². The predicted molar refractivity (Wildman–Crippen MR) is 114 cm³/mol. The van der Waals surface area contributed by atoms with Crippen molar-refractivity contribution in [3.8, 4) is 0 Å². The molecule has 0 aromatic heterocycles. The molecule has 0 unspecified atom stereocenters. The van der Waals surface area contributed by atoms with Crippen LogP contribution in [0.3, 0.4) is 0 Å². The summed E-state index contributed by atoms with van der Waals surface area (Å²) in [6.45, 7) is 20.5. The SMILES string of the molecule is C=O.CCCc1c(C)c(C)c(C)c(C)c1CCC(C)(C)C.CCl.CO. The van der Waals surface area contributed by atoms with E-state index in [0.29, 0.717) is 5.41 Å². The Morgan fingerprint density at radius 2 is 1.12 bits per heavy atom. The third-order valence-electron chi connectivity index (χ3n) is 4.58. The van der Waals surface area contributed by atoms with Crippen LogP contribution in [-0.2, 0) is 17.6 Å². The highest BCUT2D eigenvalue weighted by molar-refractivity contribution is 6.15. The van der Waals surface area contributed by atoms with E-state index in [4.69, 9.17) is 9.90 Å². The Bertz CT molecular complexity index is 474. The number of rotatable bonds is 4.